The lowest BCUT2D eigenvalue weighted by Crippen LogP contribution is -2.45. The highest BCUT2D eigenvalue weighted by molar-refractivity contribution is 6.74. The van der Waals surface area contributed by atoms with Gasteiger partial charge >= 0.3 is 0 Å². The normalized spacial score (nSPS) is 12.7. The summed E-state index contributed by atoms with van der Waals surface area (Å²) >= 11 is 0. The van der Waals surface area contributed by atoms with Crippen LogP contribution in [0, 0.1) is 0 Å². The average molecular weight is 160 g/mol. The van der Waals surface area contributed by atoms with E-state index < -0.39 is 8.24 Å². The van der Waals surface area contributed by atoms with Gasteiger partial charge in [-0.3, -0.25) is 0 Å². The van der Waals surface area contributed by atoms with Crippen LogP contribution in [0.15, 0.2) is 0 Å². The van der Waals surface area contributed by atoms with Gasteiger partial charge in [0.1, 0.15) is 8.24 Å². The molecule has 1 nitrogen and oxygen atoms in total. The summed E-state index contributed by atoms with van der Waals surface area (Å²) in [7, 11) is -0.988. The first-order chi connectivity index (χ1) is 3.92. The first-order valence-electron chi connectivity index (χ1n) is 3.46. The minimum absolute atomic E-state index is 0.0439. The van der Waals surface area contributed by atoms with Gasteiger partial charge in [0, 0.05) is 0 Å². The molecule has 55 valence electrons. The molecule has 1 radical (unpaired) electrons. The van der Waals surface area contributed by atoms with Crippen molar-refractivity contribution in [1.29, 1.82) is 0 Å². The van der Waals surface area contributed by atoms with Crippen LogP contribution in [-0.4, -0.2) is 23.2 Å². The molecule has 0 unspecified atom stereocenters. The van der Waals surface area contributed by atoms with Crippen LogP contribution in [0.25, 0.3) is 0 Å². The molecule has 0 heterocycles. The molecule has 0 saturated carbocycles. The number of nitrogens with one attached hydrogen (secondary N) is 1. The standard InChI is InChI=1S/C6H18NSi2/c1-8(2)6-7-9(3,4)5/h7H,6H2,1-5H3. The second kappa shape index (κ2) is 3.53. The zero-order chi connectivity index (χ0) is 7.49. The summed E-state index contributed by atoms with van der Waals surface area (Å²) in [6.07, 6.45) is 1.28. The third-order valence-corrected chi connectivity index (χ3v) is 3.45. The van der Waals surface area contributed by atoms with Gasteiger partial charge in [0.05, 0.1) is 8.80 Å². The molecule has 0 aromatic heterocycles. The molecule has 0 aliphatic carbocycles. The quantitative estimate of drug-likeness (QED) is 0.620. The molecule has 3 heteroatoms. The Hall–Kier alpha value is 0.394. The molecule has 0 amide bonds. The molecule has 0 spiro atoms. The van der Waals surface area contributed by atoms with Crippen molar-refractivity contribution in [1.82, 2.24) is 4.98 Å². The molecule has 0 atom stereocenters. The monoisotopic (exact) mass is 160 g/mol. The minimum Gasteiger partial charge on any atom is -0.340 e. The van der Waals surface area contributed by atoms with E-state index >= 15 is 0 Å². The highest BCUT2D eigenvalue weighted by atomic mass is 28.3. The van der Waals surface area contributed by atoms with Gasteiger partial charge in [-0.15, -0.1) is 0 Å². The average Bonchev–Trinajstić information content (AvgIpc) is 1.59. The predicted molar refractivity (Wildman–Crippen MR) is 48.8 cm³/mol. The molecule has 0 bridgehead atoms. The first kappa shape index (κ1) is 9.39. The molecular formula is C6H18NSi2. The van der Waals surface area contributed by atoms with E-state index in [9.17, 15) is 0 Å². The number of rotatable bonds is 3. The molecule has 0 aromatic carbocycles. The molecule has 0 aliphatic heterocycles. The zero-order valence-electron chi connectivity index (χ0n) is 7.21. The van der Waals surface area contributed by atoms with E-state index in [2.05, 4.69) is 37.7 Å². The summed E-state index contributed by atoms with van der Waals surface area (Å²) in [5.41, 5.74) is 0. The van der Waals surface area contributed by atoms with Crippen LogP contribution in [0.3, 0.4) is 0 Å². The molecule has 0 saturated heterocycles. The first-order valence-corrected chi connectivity index (χ1v) is 9.66. The topological polar surface area (TPSA) is 12.0 Å². The van der Waals surface area contributed by atoms with Crippen molar-refractivity contribution in [2.75, 3.05) is 6.17 Å². The molecule has 9 heavy (non-hydrogen) atoms. The fourth-order valence-electron chi connectivity index (χ4n) is 0.442. The van der Waals surface area contributed by atoms with E-state index in [4.69, 9.17) is 0 Å². The highest BCUT2D eigenvalue weighted by Gasteiger charge is 2.11. The second-order valence-corrected chi connectivity index (χ2v) is 11.4. The summed E-state index contributed by atoms with van der Waals surface area (Å²) in [6.45, 7) is 11.7. The molecular weight excluding hydrogens is 142 g/mol. The lowest BCUT2D eigenvalue weighted by molar-refractivity contribution is 1.09. The van der Waals surface area contributed by atoms with Crippen molar-refractivity contribution in [3.63, 3.8) is 0 Å². The Morgan fingerprint density at radius 1 is 1.22 bits per heavy atom. The smallest absolute Gasteiger partial charge is 0.116 e. The van der Waals surface area contributed by atoms with Gasteiger partial charge in [0.2, 0.25) is 0 Å². The van der Waals surface area contributed by atoms with Gasteiger partial charge in [0.15, 0.2) is 0 Å². The van der Waals surface area contributed by atoms with Gasteiger partial charge in [-0.1, -0.05) is 32.7 Å². The van der Waals surface area contributed by atoms with Crippen molar-refractivity contribution >= 4 is 17.0 Å². The Labute approximate surface area is 61.6 Å². The van der Waals surface area contributed by atoms with Crippen molar-refractivity contribution < 1.29 is 0 Å². The third-order valence-electron chi connectivity index (χ3n) is 0.972. The summed E-state index contributed by atoms with van der Waals surface area (Å²) in [5, 5.41) is 0. The largest absolute Gasteiger partial charge is 0.340 e. The van der Waals surface area contributed by atoms with Crippen LogP contribution in [0.1, 0.15) is 0 Å². The summed E-state index contributed by atoms with van der Waals surface area (Å²) in [4.78, 5) is 3.61. The third kappa shape index (κ3) is 8.39. The summed E-state index contributed by atoms with van der Waals surface area (Å²) in [5.74, 6) is 0. The van der Waals surface area contributed by atoms with E-state index in [0.717, 1.165) is 0 Å². The summed E-state index contributed by atoms with van der Waals surface area (Å²) in [6, 6.07) is 0. The van der Waals surface area contributed by atoms with Crippen LogP contribution >= 0.6 is 0 Å². The van der Waals surface area contributed by atoms with Gasteiger partial charge in [-0.05, 0) is 6.17 Å². The maximum atomic E-state index is 3.61. The lowest BCUT2D eigenvalue weighted by atomic mass is 11.5. The molecule has 0 aliphatic rings. The van der Waals surface area contributed by atoms with E-state index in [-0.39, 0.29) is 8.80 Å². The number of hydrogen-bond donors (Lipinski definition) is 1. The van der Waals surface area contributed by atoms with E-state index in [1.165, 1.54) is 6.17 Å². The van der Waals surface area contributed by atoms with Crippen LogP contribution in [0.2, 0.25) is 32.7 Å². The highest BCUT2D eigenvalue weighted by Crippen LogP contribution is 1.93. The van der Waals surface area contributed by atoms with Crippen molar-refractivity contribution in [2.24, 2.45) is 0 Å². The van der Waals surface area contributed by atoms with Crippen LogP contribution < -0.4 is 4.98 Å². The van der Waals surface area contributed by atoms with Crippen molar-refractivity contribution in [3.05, 3.63) is 0 Å². The Morgan fingerprint density at radius 3 is 1.78 bits per heavy atom. The van der Waals surface area contributed by atoms with E-state index in [0.29, 0.717) is 0 Å². The van der Waals surface area contributed by atoms with Gasteiger partial charge in [0.25, 0.3) is 0 Å². The predicted octanol–water partition coefficient (Wildman–Crippen LogP) is 1.70. The SMILES string of the molecule is C[Si](C)CN[Si](C)(C)C. The van der Waals surface area contributed by atoms with Crippen molar-refractivity contribution in [2.45, 2.75) is 32.7 Å². The zero-order valence-corrected chi connectivity index (χ0v) is 9.21. The van der Waals surface area contributed by atoms with Crippen molar-refractivity contribution in [3.8, 4) is 0 Å². The minimum atomic E-state index is -0.945. The van der Waals surface area contributed by atoms with Gasteiger partial charge < -0.3 is 4.98 Å². The molecule has 1 N–H and O–H groups in total. The van der Waals surface area contributed by atoms with Crippen LogP contribution in [0.5, 0.6) is 0 Å². The summed E-state index contributed by atoms with van der Waals surface area (Å²) < 4.78 is 0. The number of hydrogen-bond acceptors (Lipinski definition) is 1. The Morgan fingerprint density at radius 2 is 1.67 bits per heavy atom. The molecule has 0 fully saturated rings. The van der Waals surface area contributed by atoms with Crippen LogP contribution in [0.4, 0.5) is 0 Å². The molecule has 0 rings (SSSR count). The fraction of sp³-hybridized carbons (Fsp3) is 1.00. The van der Waals surface area contributed by atoms with Gasteiger partial charge in [-0.2, -0.15) is 0 Å². The van der Waals surface area contributed by atoms with E-state index in [1.807, 2.05) is 0 Å². The Kier molecular flexibility index (Phi) is 3.69. The lowest BCUT2D eigenvalue weighted by Gasteiger charge is -2.18. The maximum absolute atomic E-state index is 3.61. The fourth-order valence-corrected chi connectivity index (χ4v) is 3.98. The maximum Gasteiger partial charge on any atom is 0.116 e. The Bertz CT molecular complexity index is 75.6. The van der Waals surface area contributed by atoms with Gasteiger partial charge in [-0.25, -0.2) is 0 Å². The van der Waals surface area contributed by atoms with E-state index in [1.54, 1.807) is 0 Å². The second-order valence-electron chi connectivity index (χ2n) is 3.81. The molecule has 0 aromatic rings. The Balaban J connectivity index is 3.28. The van der Waals surface area contributed by atoms with Crippen LogP contribution in [-0.2, 0) is 0 Å².